The van der Waals surface area contributed by atoms with E-state index < -0.39 is 12.6 Å². The normalized spacial score (nSPS) is 25.1. The van der Waals surface area contributed by atoms with Crippen molar-refractivity contribution in [2.75, 3.05) is 45.7 Å². The highest BCUT2D eigenvalue weighted by Crippen LogP contribution is 2.32. The second-order valence-corrected chi connectivity index (χ2v) is 9.43. The first kappa shape index (κ1) is 26.3. The van der Waals surface area contributed by atoms with E-state index in [9.17, 15) is 22.8 Å². The van der Waals surface area contributed by atoms with E-state index in [1.165, 1.54) is 12.0 Å². The second-order valence-electron chi connectivity index (χ2n) is 9.43. The third kappa shape index (κ3) is 7.09. The van der Waals surface area contributed by atoms with Gasteiger partial charge in [0.2, 0.25) is 5.91 Å². The second kappa shape index (κ2) is 10.9. The molecular formula is C24H34F3N3O4. The summed E-state index contributed by atoms with van der Waals surface area (Å²) in [6.45, 7) is 4.32. The summed E-state index contributed by atoms with van der Waals surface area (Å²) in [5, 5.41) is 2.84. The Bertz CT molecular complexity index is 876. The van der Waals surface area contributed by atoms with E-state index in [1.54, 1.807) is 30.1 Å². The Morgan fingerprint density at radius 1 is 1.24 bits per heavy atom. The highest BCUT2D eigenvalue weighted by Gasteiger charge is 2.33. The van der Waals surface area contributed by atoms with Crippen LogP contribution in [0.15, 0.2) is 18.2 Å². The van der Waals surface area contributed by atoms with Crippen LogP contribution in [-0.4, -0.2) is 80.3 Å². The van der Waals surface area contributed by atoms with Gasteiger partial charge in [0.1, 0.15) is 12.4 Å². The third-order valence-corrected chi connectivity index (χ3v) is 6.47. The molecule has 2 aliphatic rings. The molecule has 0 saturated heterocycles. The number of likely N-dealkylation sites (N-methyl/N-ethyl adjacent to an activating group) is 1. The van der Waals surface area contributed by atoms with E-state index >= 15 is 0 Å². The molecule has 10 heteroatoms. The van der Waals surface area contributed by atoms with Gasteiger partial charge in [-0.3, -0.25) is 14.5 Å². The summed E-state index contributed by atoms with van der Waals surface area (Å²) in [4.78, 5) is 28.8. The van der Waals surface area contributed by atoms with Crippen LogP contribution < -0.4 is 10.1 Å². The molecule has 0 unspecified atom stereocenters. The van der Waals surface area contributed by atoms with Crippen molar-refractivity contribution in [1.29, 1.82) is 0 Å². The SMILES string of the molecule is CO[C@H]1CN(C)C(=O)c2cc(NC(=O)C3CC3)ccc2OC[C@H](C)N(CCC(F)(F)F)C[C@@H]1C. The highest BCUT2D eigenvalue weighted by molar-refractivity contribution is 6.00. The number of amides is 2. The average molecular weight is 486 g/mol. The summed E-state index contributed by atoms with van der Waals surface area (Å²) >= 11 is 0. The maximum Gasteiger partial charge on any atom is 0.390 e. The van der Waals surface area contributed by atoms with Gasteiger partial charge < -0.3 is 19.7 Å². The predicted octanol–water partition coefficient (Wildman–Crippen LogP) is 3.79. The van der Waals surface area contributed by atoms with Gasteiger partial charge in [0.25, 0.3) is 5.91 Å². The molecule has 34 heavy (non-hydrogen) atoms. The zero-order valence-corrected chi connectivity index (χ0v) is 20.2. The maximum absolute atomic E-state index is 13.3. The van der Waals surface area contributed by atoms with E-state index in [1.807, 2.05) is 13.8 Å². The van der Waals surface area contributed by atoms with Gasteiger partial charge in [0.05, 0.1) is 18.1 Å². The molecule has 1 N–H and O–H groups in total. The first-order valence-electron chi connectivity index (χ1n) is 11.6. The van der Waals surface area contributed by atoms with E-state index in [-0.39, 0.29) is 61.1 Å². The van der Waals surface area contributed by atoms with Crippen molar-refractivity contribution in [1.82, 2.24) is 9.80 Å². The quantitative estimate of drug-likeness (QED) is 0.687. The molecular weight excluding hydrogens is 451 g/mol. The lowest BCUT2D eigenvalue weighted by Gasteiger charge is -2.36. The molecule has 1 fully saturated rings. The Morgan fingerprint density at radius 3 is 2.56 bits per heavy atom. The number of benzene rings is 1. The number of hydrogen-bond donors (Lipinski definition) is 1. The van der Waals surface area contributed by atoms with Crippen molar-refractivity contribution in [3.8, 4) is 5.75 Å². The Labute approximate surface area is 198 Å². The number of carbonyl (C=O) groups is 2. The molecule has 190 valence electrons. The molecule has 2 amide bonds. The summed E-state index contributed by atoms with van der Waals surface area (Å²) in [6.07, 6.45) is -3.81. The summed E-state index contributed by atoms with van der Waals surface area (Å²) in [7, 11) is 3.19. The molecule has 0 bridgehead atoms. The van der Waals surface area contributed by atoms with Gasteiger partial charge in [-0.2, -0.15) is 13.2 Å². The average Bonchev–Trinajstić information content (AvgIpc) is 3.62. The molecule has 1 aromatic rings. The van der Waals surface area contributed by atoms with Gasteiger partial charge in [-0.25, -0.2) is 0 Å². The van der Waals surface area contributed by atoms with Gasteiger partial charge in [0.15, 0.2) is 0 Å². The Morgan fingerprint density at radius 2 is 1.94 bits per heavy atom. The first-order chi connectivity index (χ1) is 16.0. The molecule has 0 spiro atoms. The smallest absolute Gasteiger partial charge is 0.390 e. The molecule has 7 nitrogen and oxygen atoms in total. The van der Waals surface area contributed by atoms with Crippen LogP contribution >= 0.6 is 0 Å². The number of ether oxygens (including phenoxy) is 2. The zero-order valence-electron chi connectivity index (χ0n) is 20.2. The number of hydrogen-bond acceptors (Lipinski definition) is 5. The number of nitrogens with zero attached hydrogens (tertiary/aromatic N) is 2. The number of alkyl halides is 3. The molecule has 1 aliphatic heterocycles. The maximum atomic E-state index is 13.3. The van der Waals surface area contributed by atoms with Crippen LogP contribution in [0.25, 0.3) is 0 Å². The van der Waals surface area contributed by atoms with Gasteiger partial charge in [0, 0.05) is 51.4 Å². The largest absolute Gasteiger partial charge is 0.491 e. The van der Waals surface area contributed by atoms with E-state index in [0.29, 0.717) is 18.0 Å². The van der Waals surface area contributed by atoms with Crippen molar-refractivity contribution >= 4 is 17.5 Å². The lowest BCUT2D eigenvalue weighted by atomic mass is 10.0. The fourth-order valence-electron chi connectivity index (χ4n) is 4.10. The van der Waals surface area contributed by atoms with Crippen molar-refractivity contribution in [2.45, 2.75) is 51.4 Å². The van der Waals surface area contributed by atoms with Gasteiger partial charge in [-0.15, -0.1) is 0 Å². The predicted molar refractivity (Wildman–Crippen MR) is 122 cm³/mol. The van der Waals surface area contributed by atoms with Crippen LogP contribution in [0.1, 0.15) is 43.5 Å². The van der Waals surface area contributed by atoms with E-state index in [0.717, 1.165) is 12.8 Å². The third-order valence-electron chi connectivity index (χ3n) is 6.47. The number of methoxy groups -OCH3 is 1. The van der Waals surface area contributed by atoms with Crippen molar-refractivity contribution in [2.24, 2.45) is 11.8 Å². The first-order valence-corrected chi connectivity index (χ1v) is 11.6. The standard InChI is InChI=1S/C24H34F3N3O4/c1-15-12-30(10-9-24(25,26)27)16(2)14-34-20-8-7-18(28-22(31)17-5-6-17)11-19(20)23(32)29(3)13-21(15)33-4/h7-8,11,15-17,21H,5-6,9-10,12-14H2,1-4H3,(H,28,31)/t15-,16-,21-/m0/s1. The summed E-state index contributed by atoms with van der Waals surface area (Å²) in [5.41, 5.74) is 0.790. The Kier molecular flexibility index (Phi) is 8.46. The van der Waals surface area contributed by atoms with Gasteiger partial charge in [-0.1, -0.05) is 6.92 Å². The molecule has 0 aromatic heterocycles. The fourth-order valence-corrected chi connectivity index (χ4v) is 4.10. The molecule has 0 radical (unpaired) electrons. The van der Waals surface area contributed by atoms with Crippen LogP contribution in [0, 0.1) is 11.8 Å². The number of nitrogens with one attached hydrogen (secondary N) is 1. The van der Waals surface area contributed by atoms with Crippen LogP contribution in [0.3, 0.4) is 0 Å². The minimum Gasteiger partial charge on any atom is -0.491 e. The molecule has 1 aliphatic carbocycles. The van der Waals surface area contributed by atoms with Crippen molar-refractivity contribution in [3.05, 3.63) is 23.8 Å². The minimum atomic E-state index is -4.26. The number of rotatable bonds is 5. The van der Waals surface area contributed by atoms with E-state index in [4.69, 9.17) is 9.47 Å². The topological polar surface area (TPSA) is 71.1 Å². The molecule has 3 atom stereocenters. The van der Waals surface area contributed by atoms with Crippen LogP contribution in [0.5, 0.6) is 5.75 Å². The molecule has 1 aromatic carbocycles. The summed E-state index contributed by atoms with van der Waals surface area (Å²) in [6, 6.07) is 4.57. The number of fused-ring (bicyclic) bond motifs is 1. The summed E-state index contributed by atoms with van der Waals surface area (Å²) in [5.74, 6) is -0.139. The Balaban J connectivity index is 1.88. The number of halogens is 3. The molecule has 1 saturated carbocycles. The van der Waals surface area contributed by atoms with Crippen molar-refractivity contribution < 1.29 is 32.2 Å². The van der Waals surface area contributed by atoms with Crippen LogP contribution in [0.4, 0.5) is 18.9 Å². The highest BCUT2D eigenvalue weighted by atomic mass is 19.4. The summed E-state index contributed by atoms with van der Waals surface area (Å²) < 4.78 is 50.4. The van der Waals surface area contributed by atoms with E-state index in [2.05, 4.69) is 5.32 Å². The monoisotopic (exact) mass is 485 g/mol. The molecule has 1 heterocycles. The lowest BCUT2D eigenvalue weighted by Crippen LogP contribution is -2.47. The Hall–Kier alpha value is -2.33. The minimum absolute atomic E-state index is 0.0167. The van der Waals surface area contributed by atoms with Crippen molar-refractivity contribution in [3.63, 3.8) is 0 Å². The van der Waals surface area contributed by atoms with Gasteiger partial charge in [-0.05, 0) is 43.9 Å². The lowest BCUT2D eigenvalue weighted by molar-refractivity contribution is -0.140. The fraction of sp³-hybridized carbons (Fsp3) is 0.667. The van der Waals surface area contributed by atoms with Crippen LogP contribution in [0.2, 0.25) is 0 Å². The van der Waals surface area contributed by atoms with Gasteiger partial charge >= 0.3 is 6.18 Å². The molecule has 3 rings (SSSR count). The number of anilines is 1. The van der Waals surface area contributed by atoms with Crippen LogP contribution in [-0.2, 0) is 9.53 Å². The zero-order chi connectivity index (χ0) is 25.0. The number of carbonyl (C=O) groups excluding carboxylic acids is 2.